The molecule has 0 unspecified atom stereocenters. The summed E-state index contributed by atoms with van der Waals surface area (Å²) in [4.78, 5) is 10.3. The lowest BCUT2D eigenvalue weighted by Gasteiger charge is -2.11. The molecule has 0 aliphatic heterocycles. The van der Waals surface area contributed by atoms with Gasteiger partial charge < -0.3 is 9.84 Å². The van der Waals surface area contributed by atoms with E-state index in [4.69, 9.17) is 4.74 Å². The molecule has 0 fully saturated rings. The topological polar surface area (TPSA) is 72.6 Å². The van der Waals surface area contributed by atoms with Crippen LogP contribution in [-0.2, 0) is 6.42 Å². The van der Waals surface area contributed by atoms with Crippen LogP contribution in [-0.4, -0.2) is 10.0 Å². The van der Waals surface area contributed by atoms with Crippen molar-refractivity contribution in [2.24, 2.45) is 0 Å². The first-order chi connectivity index (χ1) is 11.0. The Kier molecular flexibility index (Phi) is 5.57. The number of phenols is 1. The first kappa shape index (κ1) is 16.8. The molecule has 5 heteroatoms. The number of rotatable bonds is 7. The van der Waals surface area contributed by atoms with Crippen molar-refractivity contribution in [2.75, 3.05) is 0 Å². The highest BCUT2D eigenvalue weighted by atomic mass is 16.6. The molecule has 0 amide bonds. The molecule has 2 aromatic carbocycles. The van der Waals surface area contributed by atoms with E-state index in [9.17, 15) is 15.2 Å². The lowest BCUT2D eigenvalue weighted by molar-refractivity contribution is -0.384. The van der Waals surface area contributed by atoms with Gasteiger partial charge in [0.05, 0.1) is 4.92 Å². The second kappa shape index (κ2) is 7.63. The average Bonchev–Trinajstić information content (AvgIpc) is 2.51. The van der Waals surface area contributed by atoms with Crippen LogP contribution in [0.5, 0.6) is 17.2 Å². The van der Waals surface area contributed by atoms with Crippen molar-refractivity contribution in [1.82, 2.24) is 0 Å². The highest BCUT2D eigenvalue weighted by Crippen LogP contribution is 2.34. The largest absolute Gasteiger partial charge is 0.504 e. The number of aromatic hydroxyl groups is 1. The van der Waals surface area contributed by atoms with E-state index in [-0.39, 0.29) is 11.4 Å². The molecular weight excluding hydrogens is 294 g/mol. The molecule has 23 heavy (non-hydrogen) atoms. The molecule has 1 N–H and O–H groups in total. The third-order valence-electron chi connectivity index (χ3n) is 3.68. The van der Waals surface area contributed by atoms with Crippen molar-refractivity contribution in [2.45, 2.75) is 39.5 Å². The molecule has 0 saturated carbocycles. The maximum Gasteiger partial charge on any atom is 0.269 e. The van der Waals surface area contributed by atoms with Crippen molar-refractivity contribution in [3.63, 3.8) is 0 Å². The number of nitrogens with zero attached hydrogens (tertiary/aromatic N) is 1. The Hall–Kier alpha value is -2.56. The van der Waals surface area contributed by atoms with Gasteiger partial charge in [-0.05, 0) is 49.1 Å². The Balaban J connectivity index is 2.12. The summed E-state index contributed by atoms with van der Waals surface area (Å²) in [6, 6.07) is 9.76. The number of ether oxygens (including phenoxy) is 1. The van der Waals surface area contributed by atoms with Crippen LogP contribution in [0.3, 0.4) is 0 Å². The number of nitro groups is 1. The van der Waals surface area contributed by atoms with E-state index < -0.39 is 4.92 Å². The summed E-state index contributed by atoms with van der Waals surface area (Å²) in [6.45, 7) is 3.89. The van der Waals surface area contributed by atoms with E-state index in [1.54, 1.807) is 25.1 Å². The quantitative estimate of drug-likeness (QED) is 0.436. The number of non-ortho nitro benzene ring substituents is 1. The predicted molar refractivity (Wildman–Crippen MR) is 89.2 cm³/mol. The van der Waals surface area contributed by atoms with Gasteiger partial charge >= 0.3 is 0 Å². The van der Waals surface area contributed by atoms with Gasteiger partial charge in [0, 0.05) is 12.1 Å². The summed E-state index contributed by atoms with van der Waals surface area (Å²) in [7, 11) is 0. The Labute approximate surface area is 135 Å². The maximum absolute atomic E-state index is 10.7. The van der Waals surface area contributed by atoms with E-state index in [0.29, 0.717) is 17.1 Å². The van der Waals surface area contributed by atoms with E-state index >= 15 is 0 Å². The molecule has 122 valence electrons. The molecular formula is C18H21NO4. The molecule has 0 atom stereocenters. The van der Waals surface area contributed by atoms with E-state index in [1.807, 2.05) is 6.07 Å². The van der Waals surface area contributed by atoms with Crippen molar-refractivity contribution in [1.29, 1.82) is 0 Å². The van der Waals surface area contributed by atoms with Crippen LogP contribution in [0, 0.1) is 17.0 Å². The summed E-state index contributed by atoms with van der Waals surface area (Å²) in [5, 5.41) is 20.9. The molecule has 0 radical (unpaired) electrons. The first-order valence-electron chi connectivity index (χ1n) is 7.76. The first-order valence-corrected chi connectivity index (χ1v) is 7.76. The molecule has 0 bridgehead atoms. The van der Waals surface area contributed by atoms with Crippen molar-refractivity contribution in [3.05, 3.63) is 57.6 Å². The highest BCUT2D eigenvalue weighted by Gasteiger charge is 2.11. The third kappa shape index (κ3) is 4.45. The van der Waals surface area contributed by atoms with Gasteiger partial charge in [0.25, 0.3) is 5.69 Å². The molecule has 2 aromatic rings. The fourth-order valence-electron chi connectivity index (χ4n) is 2.36. The summed E-state index contributed by atoms with van der Waals surface area (Å²) in [5.74, 6) is 0.919. The zero-order valence-electron chi connectivity index (χ0n) is 13.4. The number of hydrogen-bond acceptors (Lipinski definition) is 4. The van der Waals surface area contributed by atoms with E-state index in [0.717, 1.165) is 24.8 Å². The van der Waals surface area contributed by atoms with Gasteiger partial charge in [0.2, 0.25) is 0 Å². The minimum Gasteiger partial charge on any atom is -0.504 e. The average molecular weight is 315 g/mol. The van der Waals surface area contributed by atoms with Gasteiger partial charge in [-0.25, -0.2) is 0 Å². The Morgan fingerprint density at radius 3 is 2.48 bits per heavy atom. The fourth-order valence-corrected chi connectivity index (χ4v) is 2.36. The standard InChI is InChI=1S/C18H21NO4/c1-3-4-5-6-14-7-9-18(16(20)12-14)23-17-10-8-15(19(21)22)11-13(17)2/h7-12,20H,3-6H2,1-2H3. The van der Waals surface area contributed by atoms with Gasteiger partial charge in [0.1, 0.15) is 5.75 Å². The lowest BCUT2D eigenvalue weighted by Crippen LogP contribution is -1.93. The Bertz CT molecular complexity index is 697. The van der Waals surface area contributed by atoms with Gasteiger partial charge in [-0.2, -0.15) is 0 Å². The normalized spacial score (nSPS) is 10.5. The maximum atomic E-state index is 10.7. The molecule has 0 aromatic heterocycles. The highest BCUT2D eigenvalue weighted by molar-refractivity contribution is 5.48. The van der Waals surface area contributed by atoms with Crippen LogP contribution < -0.4 is 4.74 Å². The Morgan fingerprint density at radius 1 is 1.13 bits per heavy atom. The smallest absolute Gasteiger partial charge is 0.269 e. The zero-order chi connectivity index (χ0) is 16.8. The van der Waals surface area contributed by atoms with Crippen molar-refractivity contribution in [3.8, 4) is 17.2 Å². The van der Waals surface area contributed by atoms with Crippen LogP contribution in [0.1, 0.15) is 37.3 Å². The molecule has 5 nitrogen and oxygen atoms in total. The third-order valence-corrected chi connectivity index (χ3v) is 3.68. The summed E-state index contributed by atoms with van der Waals surface area (Å²) in [6.07, 6.45) is 4.35. The number of nitro benzene ring substituents is 1. The van der Waals surface area contributed by atoms with Crippen molar-refractivity contribution < 1.29 is 14.8 Å². The van der Waals surface area contributed by atoms with Gasteiger partial charge in [-0.1, -0.05) is 25.8 Å². The van der Waals surface area contributed by atoms with Crippen LogP contribution >= 0.6 is 0 Å². The molecule has 0 saturated heterocycles. The summed E-state index contributed by atoms with van der Waals surface area (Å²) in [5.41, 5.74) is 1.74. The lowest BCUT2D eigenvalue weighted by atomic mass is 10.1. The molecule has 0 aliphatic rings. The summed E-state index contributed by atoms with van der Waals surface area (Å²) >= 11 is 0. The van der Waals surface area contributed by atoms with Crippen LogP contribution in [0.2, 0.25) is 0 Å². The predicted octanol–water partition coefficient (Wildman–Crippen LogP) is 5.13. The molecule has 0 aliphatic carbocycles. The summed E-state index contributed by atoms with van der Waals surface area (Å²) < 4.78 is 5.68. The molecule has 0 heterocycles. The molecule has 2 rings (SSSR count). The van der Waals surface area contributed by atoms with E-state index in [1.165, 1.54) is 18.6 Å². The number of unbranched alkanes of at least 4 members (excludes halogenated alkanes) is 2. The van der Waals surface area contributed by atoms with Gasteiger partial charge in [-0.15, -0.1) is 0 Å². The van der Waals surface area contributed by atoms with Crippen LogP contribution in [0.15, 0.2) is 36.4 Å². The van der Waals surface area contributed by atoms with Gasteiger partial charge in [-0.3, -0.25) is 10.1 Å². The van der Waals surface area contributed by atoms with E-state index in [2.05, 4.69) is 6.92 Å². The monoisotopic (exact) mass is 315 g/mol. The number of aryl methyl sites for hydroxylation is 2. The zero-order valence-corrected chi connectivity index (χ0v) is 13.4. The number of benzene rings is 2. The minimum absolute atomic E-state index is 0.0188. The minimum atomic E-state index is -0.445. The second-order valence-corrected chi connectivity index (χ2v) is 5.57. The second-order valence-electron chi connectivity index (χ2n) is 5.57. The van der Waals surface area contributed by atoms with Gasteiger partial charge in [0.15, 0.2) is 11.5 Å². The molecule has 0 spiro atoms. The SMILES string of the molecule is CCCCCc1ccc(Oc2ccc([N+](=O)[O-])cc2C)c(O)c1. The van der Waals surface area contributed by atoms with Crippen LogP contribution in [0.4, 0.5) is 5.69 Å². The van der Waals surface area contributed by atoms with Crippen molar-refractivity contribution >= 4 is 5.69 Å². The Morgan fingerprint density at radius 2 is 1.87 bits per heavy atom. The van der Waals surface area contributed by atoms with Crippen LogP contribution in [0.25, 0.3) is 0 Å². The fraction of sp³-hybridized carbons (Fsp3) is 0.333. The number of hydrogen-bond donors (Lipinski definition) is 1. The number of phenolic OH excluding ortho intramolecular Hbond substituents is 1.